The van der Waals surface area contributed by atoms with E-state index in [4.69, 9.17) is 27.9 Å². The first-order valence-electron chi connectivity index (χ1n) is 13.0. The molecule has 6 rings (SSSR count). The highest BCUT2D eigenvalue weighted by atomic mass is 35.5. The first kappa shape index (κ1) is 25.7. The van der Waals surface area contributed by atoms with Gasteiger partial charge in [0.25, 0.3) is 0 Å². The Hall–Kier alpha value is -3.58. The van der Waals surface area contributed by atoms with E-state index in [1.165, 1.54) is 7.11 Å². The van der Waals surface area contributed by atoms with Gasteiger partial charge in [0.2, 0.25) is 0 Å². The summed E-state index contributed by atoms with van der Waals surface area (Å²) in [6.07, 6.45) is 3.18. The molecule has 0 amide bonds. The van der Waals surface area contributed by atoms with Crippen LogP contribution in [0.5, 0.6) is 0 Å². The van der Waals surface area contributed by atoms with Crippen molar-refractivity contribution in [2.24, 2.45) is 0 Å². The third kappa shape index (κ3) is 4.96. The molecule has 2 aromatic heterocycles. The molecule has 0 saturated heterocycles. The molecular formula is C31H28Cl2N4O2. The van der Waals surface area contributed by atoms with Crippen LogP contribution in [0.3, 0.4) is 0 Å². The molecular weight excluding hydrogens is 531 g/mol. The Balaban J connectivity index is 1.31. The van der Waals surface area contributed by atoms with E-state index in [0.29, 0.717) is 23.0 Å². The number of ether oxygens (including phenoxy) is 1. The predicted octanol–water partition coefficient (Wildman–Crippen LogP) is 7.01. The van der Waals surface area contributed by atoms with Crippen LogP contribution in [0, 0.1) is 0 Å². The number of hydrogen-bond donors (Lipinski definition) is 2. The number of carbonyl (C=O) groups is 1. The zero-order valence-electron chi connectivity index (χ0n) is 21.5. The maximum Gasteiger partial charge on any atom is 0.323 e. The van der Waals surface area contributed by atoms with Crippen LogP contribution in [-0.2, 0) is 16.0 Å². The number of fused-ring (bicyclic) bond motifs is 4. The number of nitrogens with one attached hydrogen (secondary N) is 2. The highest BCUT2D eigenvalue weighted by molar-refractivity contribution is 6.31. The monoisotopic (exact) mass is 558 g/mol. The normalized spacial score (nSPS) is 17.3. The third-order valence-electron chi connectivity index (χ3n) is 7.52. The number of esters is 1. The van der Waals surface area contributed by atoms with Gasteiger partial charge in [0.1, 0.15) is 6.04 Å². The van der Waals surface area contributed by atoms with Crippen LogP contribution in [0.1, 0.15) is 29.3 Å². The van der Waals surface area contributed by atoms with Crippen LogP contribution >= 0.6 is 23.2 Å². The number of halogens is 2. The van der Waals surface area contributed by atoms with Crippen molar-refractivity contribution in [2.45, 2.75) is 24.9 Å². The molecule has 0 bridgehead atoms. The van der Waals surface area contributed by atoms with Gasteiger partial charge in [0.15, 0.2) is 0 Å². The molecule has 2 N–H and O–H groups in total. The van der Waals surface area contributed by atoms with Crippen molar-refractivity contribution in [3.8, 4) is 0 Å². The molecule has 198 valence electrons. The van der Waals surface area contributed by atoms with Crippen LogP contribution in [0.2, 0.25) is 10.0 Å². The molecule has 0 fully saturated rings. The second kappa shape index (κ2) is 10.9. The fourth-order valence-electron chi connectivity index (χ4n) is 5.73. The van der Waals surface area contributed by atoms with Gasteiger partial charge in [-0.2, -0.15) is 0 Å². The molecule has 0 radical (unpaired) electrons. The quantitative estimate of drug-likeness (QED) is 0.166. The number of carbonyl (C=O) groups excluding carboxylic acids is 1. The number of anilines is 1. The maximum absolute atomic E-state index is 13.2. The molecule has 1 aliphatic heterocycles. The molecule has 0 spiro atoms. The summed E-state index contributed by atoms with van der Waals surface area (Å²) >= 11 is 12.4. The van der Waals surface area contributed by atoms with Crippen molar-refractivity contribution in [3.63, 3.8) is 0 Å². The Morgan fingerprint density at radius 1 is 1.05 bits per heavy atom. The van der Waals surface area contributed by atoms with Gasteiger partial charge < -0.3 is 15.0 Å². The number of pyridine rings is 1. The molecule has 2 atom stereocenters. The highest BCUT2D eigenvalue weighted by Crippen LogP contribution is 2.41. The third-order valence-corrected chi connectivity index (χ3v) is 8.01. The van der Waals surface area contributed by atoms with Gasteiger partial charge in [-0.3, -0.25) is 14.7 Å². The number of hydrogen-bond acceptors (Lipinski definition) is 5. The summed E-state index contributed by atoms with van der Waals surface area (Å²) in [5.41, 5.74) is 6.28. The summed E-state index contributed by atoms with van der Waals surface area (Å²) in [5.74, 6) is -0.227. The number of nitrogens with zero attached hydrogens (tertiary/aromatic N) is 2. The molecule has 0 aliphatic carbocycles. The second-order valence-corrected chi connectivity index (χ2v) is 10.7. The lowest BCUT2D eigenvalue weighted by Crippen LogP contribution is -2.49. The summed E-state index contributed by atoms with van der Waals surface area (Å²) in [6, 6.07) is 23.3. The number of para-hydroxylation sites is 1. The van der Waals surface area contributed by atoms with E-state index in [-0.39, 0.29) is 12.0 Å². The van der Waals surface area contributed by atoms with Gasteiger partial charge in [-0.25, -0.2) is 0 Å². The smallest absolute Gasteiger partial charge is 0.323 e. The number of rotatable bonds is 7. The minimum absolute atomic E-state index is 0.147. The van der Waals surface area contributed by atoms with Crippen LogP contribution in [0.15, 0.2) is 79.0 Å². The van der Waals surface area contributed by atoms with Crippen molar-refractivity contribution in [1.82, 2.24) is 14.9 Å². The van der Waals surface area contributed by atoms with Crippen molar-refractivity contribution in [3.05, 3.63) is 106 Å². The molecule has 8 heteroatoms. The molecule has 1 aliphatic rings. The van der Waals surface area contributed by atoms with Crippen molar-refractivity contribution in [2.75, 3.05) is 25.5 Å². The molecule has 3 aromatic carbocycles. The standard InChI is InChI=1S/C31H28Cl2N4O2/c1-39-31(38)28-18-24-22-5-2-3-6-26(22)36-29(24)30(19-7-9-20(32)10-8-19)37(28)16-4-14-34-25-13-15-35-27-17-21(33)11-12-23(25)27/h2-3,5-13,15,17,28,30,36H,4,14,16,18H2,1H3,(H,34,35)/t28-,30+/m1/s1. The van der Waals surface area contributed by atoms with Crippen molar-refractivity contribution < 1.29 is 9.53 Å². The first-order valence-corrected chi connectivity index (χ1v) is 13.8. The van der Waals surface area contributed by atoms with Gasteiger partial charge in [0, 0.05) is 63.4 Å². The van der Waals surface area contributed by atoms with Gasteiger partial charge in [0.05, 0.1) is 18.7 Å². The highest BCUT2D eigenvalue weighted by Gasteiger charge is 2.41. The molecule has 5 aromatic rings. The zero-order chi connectivity index (χ0) is 26.9. The lowest BCUT2D eigenvalue weighted by Gasteiger charge is -2.41. The average Bonchev–Trinajstić information content (AvgIpc) is 3.33. The largest absolute Gasteiger partial charge is 0.468 e. The zero-order valence-corrected chi connectivity index (χ0v) is 23.0. The topological polar surface area (TPSA) is 70.2 Å². The first-order chi connectivity index (χ1) is 19.0. The van der Waals surface area contributed by atoms with Crippen molar-refractivity contribution in [1.29, 1.82) is 0 Å². The molecule has 6 nitrogen and oxygen atoms in total. The minimum atomic E-state index is -0.411. The Morgan fingerprint density at radius 3 is 2.67 bits per heavy atom. The second-order valence-electron chi connectivity index (χ2n) is 9.80. The minimum Gasteiger partial charge on any atom is -0.468 e. The molecule has 0 unspecified atom stereocenters. The van der Waals surface area contributed by atoms with Crippen LogP contribution in [0.4, 0.5) is 5.69 Å². The number of H-pyrrole nitrogens is 1. The number of methoxy groups -OCH3 is 1. The van der Waals surface area contributed by atoms with Gasteiger partial charge >= 0.3 is 5.97 Å². The van der Waals surface area contributed by atoms with Crippen molar-refractivity contribution >= 4 is 56.7 Å². The maximum atomic E-state index is 13.2. The Kier molecular flexibility index (Phi) is 7.17. The molecule has 39 heavy (non-hydrogen) atoms. The Labute approximate surface area is 236 Å². The lowest BCUT2D eigenvalue weighted by atomic mass is 9.88. The van der Waals surface area contributed by atoms with Gasteiger partial charge in [-0.1, -0.05) is 53.5 Å². The fraction of sp³-hybridized carbons (Fsp3) is 0.226. The van der Waals surface area contributed by atoms with Gasteiger partial charge in [-0.15, -0.1) is 0 Å². The number of aromatic amines is 1. The van der Waals surface area contributed by atoms with E-state index in [2.05, 4.69) is 32.3 Å². The fourth-order valence-corrected chi connectivity index (χ4v) is 6.03. The average molecular weight is 559 g/mol. The predicted molar refractivity (Wildman–Crippen MR) is 158 cm³/mol. The number of aromatic nitrogens is 2. The molecule has 0 saturated carbocycles. The van der Waals surface area contributed by atoms with Crippen LogP contribution in [-0.4, -0.2) is 47.1 Å². The van der Waals surface area contributed by atoms with Gasteiger partial charge in [-0.05, 0) is 60.0 Å². The summed E-state index contributed by atoms with van der Waals surface area (Å²) < 4.78 is 5.32. The Bertz CT molecular complexity index is 1650. The summed E-state index contributed by atoms with van der Waals surface area (Å²) in [7, 11) is 1.46. The van der Waals surface area contributed by atoms with E-state index < -0.39 is 6.04 Å². The van der Waals surface area contributed by atoms with E-state index in [9.17, 15) is 4.79 Å². The summed E-state index contributed by atoms with van der Waals surface area (Å²) in [5, 5.41) is 7.06. The van der Waals surface area contributed by atoms with E-state index >= 15 is 0 Å². The molecule has 3 heterocycles. The van der Waals surface area contributed by atoms with E-state index in [0.717, 1.165) is 57.3 Å². The van der Waals surface area contributed by atoms with E-state index in [1.807, 2.05) is 60.7 Å². The Morgan fingerprint density at radius 2 is 1.85 bits per heavy atom. The van der Waals surface area contributed by atoms with E-state index in [1.54, 1.807) is 6.20 Å². The SMILES string of the molecule is COC(=O)[C@H]1Cc2c([nH]c3ccccc23)[C@H](c2ccc(Cl)cc2)N1CCCNc1ccnc2cc(Cl)ccc12. The summed E-state index contributed by atoms with van der Waals surface area (Å²) in [6.45, 7) is 1.41. The van der Waals surface area contributed by atoms with Crippen LogP contribution < -0.4 is 5.32 Å². The summed E-state index contributed by atoms with van der Waals surface area (Å²) in [4.78, 5) is 23.5. The number of benzene rings is 3. The lowest BCUT2D eigenvalue weighted by molar-refractivity contribution is -0.148. The van der Waals surface area contributed by atoms with Crippen LogP contribution in [0.25, 0.3) is 21.8 Å².